The SMILES string of the molecule is Cc1nccc2cc(-c3ccc(C(OCCN4CCCC4)C4CCN(C(=O)C5CCCO5)CC4)cc3)ccc12. The van der Waals surface area contributed by atoms with E-state index in [1.54, 1.807) is 0 Å². The number of amides is 1. The molecule has 0 radical (unpaired) electrons. The first kappa shape index (κ1) is 26.4. The van der Waals surface area contributed by atoms with Gasteiger partial charge in [-0.25, -0.2) is 0 Å². The molecule has 1 amide bonds. The molecule has 6 nitrogen and oxygen atoms in total. The van der Waals surface area contributed by atoms with Crippen LogP contribution in [-0.2, 0) is 14.3 Å². The lowest BCUT2D eigenvalue weighted by Crippen LogP contribution is -2.44. The Bertz CT molecular complexity index is 1260. The van der Waals surface area contributed by atoms with Crippen molar-refractivity contribution in [3.8, 4) is 11.1 Å². The first-order chi connectivity index (χ1) is 19.2. The number of fused-ring (bicyclic) bond motifs is 1. The number of likely N-dealkylation sites (tertiary alicyclic amines) is 2. The second-order valence-corrected chi connectivity index (χ2v) is 11.5. The monoisotopic (exact) mass is 527 g/mol. The predicted molar refractivity (Wildman–Crippen MR) is 155 cm³/mol. The summed E-state index contributed by atoms with van der Waals surface area (Å²) in [5.74, 6) is 0.585. The van der Waals surface area contributed by atoms with Crippen LogP contribution in [0.15, 0.2) is 54.7 Å². The van der Waals surface area contributed by atoms with E-state index in [2.05, 4.69) is 65.3 Å². The maximum Gasteiger partial charge on any atom is 0.251 e. The minimum Gasteiger partial charge on any atom is -0.372 e. The van der Waals surface area contributed by atoms with Gasteiger partial charge in [-0.05, 0) is 98.7 Å². The molecular formula is C33H41N3O3. The van der Waals surface area contributed by atoms with E-state index in [4.69, 9.17) is 9.47 Å². The van der Waals surface area contributed by atoms with Crippen LogP contribution in [0.3, 0.4) is 0 Å². The van der Waals surface area contributed by atoms with Gasteiger partial charge in [-0.1, -0.05) is 36.4 Å². The van der Waals surface area contributed by atoms with Crippen molar-refractivity contribution in [3.05, 3.63) is 66.0 Å². The Kier molecular flexibility index (Phi) is 8.24. The summed E-state index contributed by atoms with van der Waals surface area (Å²) in [6, 6.07) is 17.7. The molecule has 3 aliphatic heterocycles. The van der Waals surface area contributed by atoms with Crippen LogP contribution < -0.4 is 0 Å². The Morgan fingerprint density at radius 2 is 1.74 bits per heavy atom. The zero-order valence-electron chi connectivity index (χ0n) is 23.2. The van der Waals surface area contributed by atoms with Crippen LogP contribution in [-0.4, -0.2) is 72.7 Å². The Hall–Kier alpha value is -2.80. The minimum atomic E-state index is -0.225. The molecule has 4 heterocycles. The van der Waals surface area contributed by atoms with E-state index in [0.29, 0.717) is 12.5 Å². The largest absolute Gasteiger partial charge is 0.372 e. The number of nitrogens with zero attached hydrogens (tertiary/aromatic N) is 3. The molecule has 2 aromatic carbocycles. The first-order valence-electron chi connectivity index (χ1n) is 14.9. The number of piperidine rings is 1. The van der Waals surface area contributed by atoms with Crippen molar-refractivity contribution in [2.75, 3.05) is 45.9 Å². The summed E-state index contributed by atoms with van der Waals surface area (Å²) in [6.45, 7) is 8.48. The highest BCUT2D eigenvalue weighted by Crippen LogP contribution is 2.36. The van der Waals surface area contributed by atoms with E-state index < -0.39 is 0 Å². The van der Waals surface area contributed by atoms with Crippen molar-refractivity contribution >= 4 is 16.7 Å². The third-order valence-corrected chi connectivity index (χ3v) is 8.92. The van der Waals surface area contributed by atoms with Gasteiger partial charge in [0.15, 0.2) is 0 Å². The molecule has 0 bridgehead atoms. The third-order valence-electron chi connectivity index (χ3n) is 8.92. The van der Waals surface area contributed by atoms with E-state index in [1.165, 1.54) is 53.4 Å². The fraction of sp³-hybridized carbons (Fsp3) is 0.515. The molecule has 2 atom stereocenters. The topological polar surface area (TPSA) is 54.9 Å². The van der Waals surface area contributed by atoms with Crippen LogP contribution in [0.4, 0.5) is 0 Å². The lowest BCUT2D eigenvalue weighted by atomic mass is 9.86. The van der Waals surface area contributed by atoms with Crippen LogP contribution in [0, 0.1) is 12.8 Å². The van der Waals surface area contributed by atoms with Gasteiger partial charge in [0.25, 0.3) is 5.91 Å². The van der Waals surface area contributed by atoms with Crippen LogP contribution in [0.1, 0.15) is 55.9 Å². The Morgan fingerprint density at radius 1 is 0.974 bits per heavy atom. The molecular weight excluding hydrogens is 486 g/mol. The summed E-state index contributed by atoms with van der Waals surface area (Å²) in [5.41, 5.74) is 4.73. The van der Waals surface area contributed by atoms with Crippen molar-refractivity contribution in [3.63, 3.8) is 0 Å². The van der Waals surface area contributed by atoms with Crippen molar-refractivity contribution in [1.29, 1.82) is 0 Å². The second-order valence-electron chi connectivity index (χ2n) is 11.5. The highest BCUT2D eigenvalue weighted by Gasteiger charge is 2.34. The maximum absolute atomic E-state index is 12.9. The van der Waals surface area contributed by atoms with Crippen molar-refractivity contribution < 1.29 is 14.3 Å². The molecule has 39 heavy (non-hydrogen) atoms. The lowest BCUT2D eigenvalue weighted by molar-refractivity contribution is -0.143. The van der Waals surface area contributed by atoms with E-state index >= 15 is 0 Å². The van der Waals surface area contributed by atoms with Crippen LogP contribution in [0.2, 0.25) is 0 Å². The quantitative estimate of drug-likeness (QED) is 0.372. The van der Waals surface area contributed by atoms with Gasteiger partial charge < -0.3 is 19.3 Å². The molecule has 3 saturated heterocycles. The molecule has 1 aromatic heterocycles. The molecule has 6 rings (SSSR count). The molecule has 0 aliphatic carbocycles. The highest BCUT2D eigenvalue weighted by molar-refractivity contribution is 5.88. The number of carbonyl (C=O) groups excluding carboxylic acids is 1. The summed E-state index contributed by atoms with van der Waals surface area (Å²) < 4.78 is 12.3. The molecule has 6 heteroatoms. The Labute approximate surface area is 232 Å². The molecule has 0 saturated carbocycles. The minimum absolute atomic E-state index is 0.0481. The average molecular weight is 528 g/mol. The van der Waals surface area contributed by atoms with Gasteiger partial charge in [-0.15, -0.1) is 0 Å². The van der Waals surface area contributed by atoms with E-state index in [0.717, 1.165) is 57.6 Å². The number of ether oxygens (including phenoxy) is 2. The Balaban J connectivity index is 1.16. The van der Waals surface area contributed by atoms with Crippen LogP contribution in [0.5, 0.6) is 0 Å². The van der Waals surface area contributed by atoms with Crippen LogP contribution in [0.25, 0.3) is 21.9 Å². The number of hydrogen-bond acceptors (Lipinski definition) is 5. The number of rotatable bonds is 8. The molecule has 206 valence electrons. The lowest BCUT2D eigenvalue weighted by Gasteiger charge is -2.37. The summed E-state index contributed by atoms with van der Waals surface area (Å²) in [4.78, 5) is 21.9. The number of pyridine rings is 1. The molecule has 0 spiro atoms. The number of benzene rings is 2. The zero-order chi connectivity index (χ0) is 26.6. The summed E-state index contributed by atoms with van der Waals surface area (Å²) in [5, 5.41) is 2.42. The van der Waals surface area contributed by atoms with E-state index in [-0.39, 0.29) is 18.1 Å². The van der Waals surface area contributed by atoms with Crippen molar-refractivity contribution in [2.24, 2.45) is 5.92 Å². The second kappa shape index (κ2) is 12.2. The van der Waals surface area contributed by atoms with Crippen molar-refractivity contribution in [1.82, 2.24) is 14.8 Å². The molecule has 2 unspecified atom stereocenters. The van der Waals surface area contributed by atoms with Gasteiger partial charge in [0.2, 0.25) is 0 Å². The Morgan fingerprint density at radius 3 is 2.49 bits per heavy atom. The van der Waals surface area contributed by atoms with Gasteiger partial charge in [-0.3, -0.25) is 9.78 Å². The normalized spacial score (nSPS) is 21.6. The predicted octanol–water partition coefficient (Wildman–Crippen LogP) is 5.78. The fourth-order valence-electron chi connectivity index (χ4n) is 6.59. The van der Waals surface area contributed by atoms with E-state index in [1.807, 2.05) is 11.1 Å². The van der Waals surface area contributed by atoms with E-state index in [9.17, 15) is 4.79 Å². The summed E-state index contributed by atoms with van der Waals surface area (Å²) >= 11 is 0. The standard InChI is InChI=1S/C33H41N3O3/c1-24-30-11-10-28(23-29(30)12-15-34-24)25-6-8-26(9-7-25)32(39-22-20-35-16-2-3-17-35)27-13-18-36(19-14-27)33(37)31-5-4-21-38-31/h6-12,15,23,27,31-32H,2-5,13-14,16-22H2,1H3. The first-order valence-corrected chi connectivity index (χ1v) is 14.9. The van der Waals surface area contributed by atoms with Gasteiger partial charge in [0.05, 0.1) is 12.7 Å². The number of carbonyl (C=O) groups is 1. The molecule has 3 fully saturated rings. The fourth-order valence-corrected chi connectivity index (χ4v) is 6.59. The van der Waals surface area contributed by atoms with Gasteiger partial charge >= 0.3 is 0 Å². The molecule has 3 aliphatic rings. The maximum atomic E-state index is 12.9. The highest BCUT2D eigenvalue weighted by atomic mass is 16.5. The summed E-state index contributed by atoms with van der Waals surface area (Å²) in [7, 11) is 0. The van der Waals surface area contributed by atoms with Gasteiger partial charge in [0.1, 0.15) is 6.10 Å². The number of hydrogen-bond donors (Lipinski definition) is 0. The molecule has 0 N–H and O–H groups in total. The third kappa shape index (κ3) is 6.03. The number of aromatic nitrogens is 1. The van der Waals surface area contributed by atoms with Crippen LogP contribution >= 0.6 is 0 Å². The van der Waals surface area contributed by atoms with Crippen molar-refractivity contribution in [2.45, 2.75) is 57.7 Å². The summed E-state index contributed by atoms with van der Waals surface area (Å²) in [6.07, 6.45) is 8.09. The zero-order valence-corrected chi connectivity index (χ0v) is 23.2. The van der Waals surface area contributed by atoms with Gasteiger partial charge in [0, 0.05) is 43.5 Å². The average Bonchev–Trinajstić information content (AvgIpc) is 3.71. The smallest absolute Gasteiger partial charge is 0.251 e. The molecule has 3 aromatic rings. The van der Waals surface area contributed by atoms with Gasteiger partial charge in [-0.2, -0.15) is 0 Å². The number of aryl methyl sites for hydroxylation is 1.